The van der Waals surface area contributed by atoms with Crippen LogP contribution in [0.5, 0.6) is 0 Å². The van der Waals surface area contributed by atoms with E-state index in [0.717, 1.165) is 14.5 Å². The van der Waals surface area contributed by atoms with Crippen LogP contribution < -0.4 is 5.69 Å². The highest BCUT2D eigenvalue weighted by Gasteiger charge is 2.19. The monoisotopic (exact) mass is 476 g/mol. The fourth-order valence-corrected chi connectivity index (χ4v) is 4.13. The maximum atomic E-state index is 14.0. The van der Waals surface area contributed by atoms with Crippen molar-refractivity contribution in [3.63, 3.8) is 0 Å². The zero-order chi connectivity index (χ0) is 15.1. The molecule has 0 saturated carbocycles. The Labute approximate surface area is 144 Å². The minimum atomic E-state index is -0.341. The van der Waals surface area contributed by atoms with Gasteiger partial charge in [0.25, 0.3) is 0 Å². The Hall–Kier alpha value is -0.920. The molecule has 0 aliphatic carbocycles. The molecule has 108 valence electrons. The number of hydrogen-bond acceptors (Lipinski definition) is 1. The molecule has 1 atom stereocenters. The first-order chi connectivity index (χ1) is 9.95. The van der Waals surface area contributed by atoms with E-state index in [0.29, 0.717) is 16.6 Å². The molecule has 3 rings (SSSR count). The van der Waals surface area contributed by atoms with Crippen LogP contribution in [-0.4, -0.2) is 9.97 Å². The second kappa shape index (κ2) is 5.70. The quantitative estimate of drug-likeness (QED) is 0.500. The fourth-order valence-electron chi connectivity index (χ4n) is 2.14. The van der Waals surface area contributed by atoms with E-state index in [9.17, 15) is 9.18 Å². The summed E-state index contributed by atoms with van der Waals surface area (Å²) in [6.07, 6.45) is 0. The molecule has 0 fully saturated rings. The molecule has 1 heterocycles. The van der Waals surface area contributed by atoms with Gasteiger partial charge in [-0.25, -0.2) is 9.18 Å². The van der Waals surface area contributed by atoms with E-state index in [-0.39, 0.29) is 16.3 Å². The molecule has 0 radical (unpaired) electrons. The molecular formula is C14H8Br3FN2O. The topological polar surface area (TPSA) is 48.6 Å². The second-order valence-corrected chi connectivity index (χ2v) is 7.21. The number of fused-ring (bicyclic) bond motifs is 1. The van der Waals surface area contributed by atoms with E-state index in [1.165, 1.54) is 6.07 Å². The van der Waals surface area contributed by atoms with Gasteiger partial charge in [-0.1, -0.05) is 47.8 Å². The minimum Gasteiger partial charge on any atom is -0.306 e. The van der Waals surface area contributed by atoms with E-state index in [1.54, 1.807) is 18.2 Å². The summed E-state index contributed by atoms with van der Waals surface area (Å²) in [7, 11) is 0. The zero-order valence-corrected chi connectivity index (χ0v) is 15.1. The van der Waals surface area contributed by atoms with Gasteiger partial charge in [-0.05, 0) is 35.9 Å². The Morgan fingerprint density at radius 2 is 1.67 bits per heavy atom. The largest absolute Gasteiger partial charge is 0.323 e. The first-order valence-corrected chi connectivity index (χ1v) is 8.46. The Kier molecular flexibility index (Phi) is 4.07. The van der Waals surface area contributed by atoms with Crippen molar-refractivity contribution in [1.82, 2.24) is 9.97 Å². The van der Waals surface area contributed by atoms with E-state index in [4.69, 9.17) is 0 Å². The van der Waals surface area contributed by atoms with Crippen molar-refractivity contribution in [3.8, 4) is 0 Å². The van der Waals surface area contributed by atoms with Crippen molar-refractivity contribution in [1.29, 1.82) is 0 Å². The molecule has 7 heteroatoms. The second-order valence-electron chi connectivity index (χ2n) is 4.53. The average molecular weight is 479 g/mol. The van der Waals surface area contributed by atoms with E-state index in [1.807, 2.05) is 6.07 Å². The number of halogens is 4. The third-order valence-corrected chi connectivity index (χ3v) is 5.30. The molecular weight excluding hydrogens is 471 g/mol. The minimum absolute atomic E-state index is 0.270. The van der Waals surface area contributed by atoms with Crippen molar-refractivity contribution in [3.05, 3.63) is 66.7 Å². The molecule has 0 spiro atoms. The lowest BCUT2D eigenvalue weighted by Gasteiger charge is -2.14. The Morgan fingerprint density at radius 1 is 1.00 bits per heavy atom. The molecule has 2 N–H and O–H groups in total. The van der Waals surface area contributed by atoms with Gasteiger partial charge in [0, 0.05) is 14.5 Å². The number of benzene rings is 2. The SMILES string of the molecule is O=c1[nH]c2cc(Br)c(C(Br)c3cc(Br)ccc3F)cc2[nH]1. The highest BCUT2D eigenvalue weighted by Crippen LogP contribution is 2.38. The normalized spacial score (nSPS) is 12.8. The fraction of sp³-hybridized carbons (Fsp3) is 0.0714. The van der Waals surface area contributed by atoms with Crippen LogP contribution in [0.4, 0.5) is 4.39 Å². The lowest BCUT2D eigenvalue weighted by Crippen LogP contribution is -1.99. The van der Waals surface area contributed by atoms with Crippen LogP contribution in [0.2, 0.25) is 0 Å². The summed E-state index contributed by atoms with van der Waals surface area (Å²) in [5, 5.41) is 0. The molecule has 3 aromatic rings. The van der Waals surface area contributed by atoms with Crippen LogP contribution in [0.1, 0.15) is 16.0 Å². The molecule has 3 nitrogen and oxygen atoms in total. The summed E-state index contributed by atoms with van der Waals surface area (Å²) in [6, 6.07) is 8.41. The molecule has 0 saturated heterocycles. The third kappa shape index (κ3) is 2.86. The highest BCUT2D eigenvalue weighted by atomic mass is 79.9. The molecule has 21 heavy (non-hydrogen) atoms. The number of hydrogen-bond donors (Lipinski definition) is 2. The van der Waals surface area contributed by atoms with Gasteiger partial charge in [-0.3, -0.25) is 0 Å². The zero-order valence-electron chi connectivity index (χ0n) is 10.4. The van der Waals surface area contributed by atoms with Crippen LogP contribution in [-0.2, 0) is 0 Å². The van der Waals surface area contributed by atoms with Crippen molar-refractivity contribution >= 4 is 58.8 Å². The lowest BCUT2D eigenvalue weighted by atomic mass is 10.0. The van der Waals surface area contributed by atoms with Gasteiger partial charge in [0.2, 0.25) is 0 Å². The summed E-state index contributed by atoms with van der Waals surface area (Å²) < 4.78 is 15.6. The van der Waals surface area contributed by atoms with Crippen LogP contribution in [0.25, 0.3) is 11.0 Å². The standard InChI is InChI=1S/C14H8Br3FN2O/c15-6-1-2-10(18)8(3-6)13(17)7-4-11-12(5-9(7)16)20-14(21)19-11/h1-5,13H,(H2,19,20,21). The summed E-state index contributed by atoms with van der Waals surface area (Å²) in [6.45, 7) is 0. The van der Waals surface area contributed by atoms with Crippen LogP contribution in [0.3, 0.4) is 0 Å². The summed E-state index contributed by atoms with van der Waals surface area (Å²) in [5.41, 5.74) is 2.45. The highest BCUT2D eigenvalue weighted by molar-refractivity contribution is 9.11. The lowest BCUT2D eigenvalue weighted by molar-refractivity contribution is 0.613. The van der Waals surface area contributed by atoms with Crippen molar-refractivity contribution in [2.45, 2.75) is 4.83 Å². The summed E-state index contributed by atoms with van der Waals surface area (Å²) >= 11 is 10.3. The maximum absolute atomic E-state index is 14.0. The predicted molar refractivity (Wildman–Crippen MR) is 91.5 cm³/mol. The smallest absolute Gasteiger partial charge is 0.306 e. The van der Waals surface area contributed by atoms with Gasteiger partial charge in [-0.2, -0.15) is 0 Å². The van der Waals surface area contributed by atoms with E-state index in [2.05, 4.69) is 57.8 Å². The number of imidazole rings is 1. The maximum Gasteiger partial charge on any atom is 0.323 e. The Morgan fingerprint density at radius 3 is 2.38 bits per heavy atom. The molecule has 0 amide bonds. The average Bonchev–Trinajstić information content (AvgIpc) is 2.79. The van der Waals surface area contributed by atoms with Crippen LogP contribution >= 0.6 is 47.8 Å². The molecule has 1 aromatic heterocycles. The number of aromatic amines is 2. The summed E-state index contributed by atoms with van der Waals surface area (Å²) in [5.74, 6) is -0.297. The Balaban J connectivity index is 2.16. The molecule has 0 aliphatic heterocycles. The van der Waals surface area contributed by atoms with Gasteiger partial charge in [0.05, 0.1) is 15.9 Å². The predicted octanol–water partition coefficient (Wildman–Crippen LogP) is 5.00. The third-order valence-electron chi connectivity index (χ3n) is 3.14. The first kappa shape index (κ1) is 15.0. The number of rotatable bonds is 2. The molecule has 1 unspecified atom stereocenters. The van der Waals surface area contributed by atoms with Gasteiger partial charge in [-0.15, -0.1) is 0 Å². The van der Waals surface area contributed by atoms with Crippen molar-refractivity contribution in [2.24, 2.45) is 0 Å². The van der Waals surface area contributed by atoms with Crippen LogP contribution in [0, 0.1) is 5.82 Å². The van der Waals surface area contributed by atoms with Gasteiger partial charge in [0.15, 0.2) is 0 Å². The molecule has 0 aliphatic rings. The van der Waals surface area contributed by atoms with Crippen molar-refractivity contribution in [2.75, 3.05) is 0 Å². The number of alkyl halides is 1. The Bertz CT molecular complexity index is 888. The summed E-state index contributed by atoms with van der Waals surface area (Å²) in [4.78, 5) is 16.4. The van der Waals surface area contributed by atoms with Gasteiger partial charge in [0.1, 0.15) is 5.82 Å². The van der Waals surface area contributed by atoms with Crippen molar-refractivity contribution < 1.29 is 4.39 Å². The van der Waals surface area contributed by atoms with E-state index >= 15 is 0 Å². The number of H-pyrrole nitrogens is 2. The number of aromatic nitrogens is 2. The van der Waals surface area contributed by atoms with Gasteiger partial charge < -0.3 is 9.97 Å². The van der Waals surface area contributed by atoms with Gasteiger partial charge >= 0.3 is 5.69 Å². The molecule has 0 bridgehead atoms. The molecule has 2 aromatic carbocycles. The van der Waals surface area contributed by atoms with E-state index < -0.39 is 0 Å². The van der Waals surface area contributed by atoms with Crippen LogP contribution in [0.15, 0.2) is 44.1 Å². The number of nitrogens with one attached hydrogen (secondary N) is 2. The first-order valence-electron chi connectivity index (χ1n) is 5.96.